The fraction of sp³-hybridized carbons (Fsp3) is 0.241. The third-order valence-corrected chi connectivity index (χ3v) is 6.93. The highest BCUT2D eigenvalue weighted by molar-refractivity contribution is 5.77. The van der Waals surface area contributed by atoms with Gasteiger partial charge in [0, 0.05) is 56.1 Å². The highest BCUT2D eigenvalue weighted by atomic mass is 16.1. The molecular formula is C29H30N10O. The number of fused-ring (bicyclic) bond motifs is 1. The number of rotatable bonds is 7. The topological polar surface area (TPSA) is 110 Å². The van der Waals surface area contributed by atoms with Crippen molar-refractivity contribution in [2.75, 3.05) is 43.4 Å². The van der Waals surface area contributed by atoms with Crippen molar-refractivity contribution in [3.05, 3.63) is 89.6 Å². The van der Waals surface area contributed by atoms with E-state index in [2.05, 4.69) is 55.8 Å². The van der Waals surface area contributed by atoms with Gasteiger partial charge in [-0.15, -0.1) is 6.58 Å². The Morgan fingerprint density at radius 2 is 1.70 bits per heavy atom. The Kier molecular flexibility index (Phi) is 6.79. The molecule has 0 aliphatic carbocycles. The quantitative estimate of drug-likeness (QED) is 0.314. The molecule has 5 heterocycles. The highest BCUT2D eigenvalue weighted by Gasteiger charge is 2.19. The molecule has 0 amide bonds. The van der Waals surface area contributed by atoms with E-state index < -0.39 is 0 Å². The number of pyridine rings is 1. The van der Waals surface area contributed by atoms with Gasteiger partial charge in [-0.2, -0.15) is 4.98 Å². The Morgan fingerprint density at radius 1 is 0.950 bits per heavy atom. The van der Waals surface area contributed by atoms with Crippen LogP contribution in [0.1, 0.15) is 5.56 Å². The van der Waals surface area contributed by atoms with Gasteiger partial charge >= 0.3 is 0 Å². The van der Waals surface area contributed by atoms with Crippen LogP contribution in [0.25, 0.3) is 28.4 Å². The molecule has 0 unspecified atom stereocenters. The SMILES string of the molecule is C=CCn1c(=O)c2cnc(Nc3ccc(N4CCN(C)CC4)cc3)nc2n1-c1cccc(-c2ncc(C)cn2)n1. The molecule has 0 saturated carbocycles. The third-order valence-electron chi connectivity index (χ3n) is 6.93. The lowest BCUT2D eigenvalue weighted by Crippen LogP contribution is -2.44. The zero-order chi connectivity index (χ0) is 27.6. The highest BCUT2D eigenvalue weighted by Crippen LogP contribution is 2.23. The minimum absolute atomic E-state index is 0.225. The van der Waals surface area contributed by atoms with Crippen LogP contribution in [0.5, 0.6) is 0 Å². The first-order valence-corrected chi connectivity index (χ1v) is 13.2. The molecule has 202 valence electrons. The minimum Gasteiger partial charge on any atom is -0.369 e. The van der Waals surface area contributed by atoms with Gasteiger partial charge in [-0.05, 0) is 55.9 Å². The number of allylic oxidation sites excluding steroid dienone is 1. The van der Waals surface area contributed by atoms with Gasteiger partial charge < -0.3 is 15.1 Å². The summed E-state index contributed by atoms with van der Waals surface area (Å²) >= 11 is 0. The van der Waals surface area contributed by atoms with E-state index in [1.165, 1.54) is 5.69 Å². The summed E-state index contributed by atoms with van der Waals surface area (Å²) < 4.78 is 3.24. The van der Waals surface area contributed by atoms with E-state index in [0.29, 0.717) is 34.3 Å². The summed E-state index contributed by atoms with van der Waals surface area (Å²) in [5.74, 6) is 1.39. The number of nitrogens with one attached hydrogen (secondary N) is 1. The fourth-order valence-corrected chi connectivity index (χ4v) is 4.75. The van der Waals surface area contributed by atoms with Gasteiger partial charge in [0.2, 0.25) is 5.95 Å². The van der Waals surface area contributed by atoms with Crippen molar-refractivity contribution in [3.63, 3.8) is 0 Å². The van der Waals surface area contributed by atoms with Crippen LogP contribution in [-0.2, 0) is 6.54 Å². The summed E-state index contributed by atoms with van der Waals surface area (Å²) in [6, 6.07) is 13.8. The van der Waals surface area contributed by atoms with Crippen molar-refractivity contribution in [1.82, 2.24) is 39.2 Å². The smallest absolute Gasteiger partial charge is 0.278 e. The number of hydrogen-bond acceptors (Lipinski definition) is 9. The second-order valence-electron chi connectivity index (χ2n) is 9.85. The summed E-state index contributed by atoms with van der Waals surface area (Å²) in [5, 5.41) is 3.67. The van der Waals surface area contributed by atoms with Crippen LogP contribution in [0.15, 0.2) is 78.5 Å². The van der Waals surface area contributed by atoms with Crippen molar-refractivity contribution in [2.24, 2.45) is 0 Å². The van der Waals surface area contributed by atoms with Crippen LogP contribution in [0.4, 0.5) is 17.3 Å². The Hall–Kier alpha value is -4.90. The first-order valence-electron chi connectivity index (χ1n) is 13.2. The van der Waals surface area contributed by atoms with Gasteiger partial charge in [0.15, 0.2) is 17.3 Å². The maximum atomic E-state index is 13.3. The van der Waals surface area contributed by atoms with Gasteiger partial charge in [-0.25, -0.2) is 29.3 Å². The lowest BCUT2D eigenvalue weighted by molar-refractivity contribution is 0.313. The number of nitrogens with zero attached hydrogens (tertiary/aromatic N) is 9. The van der Waals surface area contributed by atoms with Gasteiger partial charge in [-0.3, -0.25) is 4.79 Å². The normalized spacial score (nSPS) is 14.0. The molecule has 1 aliphatic heterocycles. The molecule has 11 heteroatoms. The summed E-state index contributed by atoms with van der Waals surface area (Å²) in [6.45, 7) is 10.2. The molecule has 0 bridgehead atoms. The molecule has 1 fully saturated rings. The Labute approximate surface area is 231 Å². The van der Waals surface area contributed by atoms with E-state index in [-0.39, 0.29) is 12.1 Å². The molecular weight excluding hydrogens is 504 g/mol. The van der Waals surface area contributed by atoms with E-state index in [1.54, 1.807) is 34.0 Å². The van der Waals surface area contributed by atoms with Gasteiger partial charge in [0.1, 0.15) is 11.1 Å². The van der Waals surface area contributed by atoms with Crippen LogP contribution < -0.4 is 15.8 Å². The van der Waals surface area contributed by atoms with Crippen molar-refractivity contribution in [3.8, 4) is 17.3 Å². The second kappa shape index (κ2) is 10.7. The molecule has 1 aliphatic rings. The van der Waals surface area contributed by atoms with Gasteiger partial charge in [0.05, 0.1) is 6.54 Å². The number of benzene rings is 1. The Balaban J connectivity index is 1.35. The molecule has 1 N–H and O–H groups in total. The number of likely N-dealkylation sites (N-methyl/N-ethyl adjacent to an activating group) is 1. The molecule has 5 aromatic rings. The van der Waals surface area contributed by atoms with Crippen molar-refractivity contribution in [1.29, 1.82) is 0 Å². The largest absolute Gasteiger partial charge is 0.369 e. The number of aromatic nitrogens is 7. The predicted molar refractivity (Wildman–Crippen MR) is 156 cm³/mol. The Bertz CT molecular complexity index is 1720. The average Bonchev–Trinajstić information content (AvgIpc) is 3.25. The van der Waals surface area contributed by atoms with Gasteiger partial charge in [0.25, 0.3) is 5.56 Å². The van der Waals surface area contributed by atoms with Crippen LogP contribution in [-0.4, -0.2) is 72.4 Å². The first-order chi connectivity index (χ1) is 19.5. The fourth-order valence-electron chi connectivity index (χ4n) is 4.75. The number of piperazine rings is 1. The number of anilines is 3. The maximum absolute atomic E-state index is 13.3. The molecule has 6 rings (SSSR count). The maximum Gasteiger partial charge on any atom is 0.278 e. The zero-order valence-corrected chi connectivity index (χ0v) is 22.5. The summed E-state index contributed by atoms with van der Waals surface area (Å²) in [6.07, 6.45) is 6.71. The summed E-state index contributed by atoms with van der Waals surface area (Å²) in [5.41, 5.74) is 3.80. The molecule has 4 aromatic heterocycles. The molecule has 1 saturated heterocycles. The molecule has 11 nitrogen and oxygen atoms in total. The molecule has 1 aromatic carbocycles. The number of aryl methyl sites for hydroxylation is 1. The van der Waals surface area contributed by atoms with E-state index in [0.717, 1.165) is 37.4 Å². The first kappa shape index (κ1) is 25.4. The monoisotopic (exact) mass is 534 g/mol. The zero-order valence-electron chi connectivity index (χ0n) is 22.5. The summed E-state index contributed by atoms with van der Waals surface area (Å²) in [7, 11) is 2.15. The lowest BCUT2D eigenvalue weighted by Gasteiger charge is -2.34. The van der Waals surface area contributed by atoms with Crippen molar-refractivity contribution in [2.45, 2.75) is 13.5 Å². The standard InChI is InChI=1S/C29H30N10O/c1-4-12-38-28(40)23-19-32-29(33-21-8-10-22(11-9-21)37-15-13-36(3)14-16-37)35-27(23)39(38)25-7-5-6-24(34-25)26-30-17-20(2)18-31-26/h4-11,17-19H,1,12-16H2,2-3H3,(H,32,33,35). The molecule has 0 radical (unpaired) electrons. The van der Waals surface area contributed by atoms with E-state index in [9.17, 15) is 4.79 Å². The van der Waals surface area contributed by atoms with Crippen LogP contribution in [0.3, 0.4) is 0 Å². The van der Waals surface area contributed by atoms with E-state index in [4.69, 9.17) is 9.97 Å². The minimum atomic E-state index is -0.225. The second-order valence-corrected chi connectivity index (χ2v) is 9.85. The lowest BCUT2D eigenvalue weighted by atomic mass is 10.2. The molecule has 0 spiro atoms. The van der Waals surface area contributed by atoms with Gasteiger partial charge in [-0.1, -0.05) is 12.1 Å². The summed E-state index contributed by atoms with van der Waals surface area (Å²) in [4.78, 5) is 40.8. The number of hydrogen-bond donors (Lipinski definition) is 1. The Morgan fingerprint density at radius 3 is 2.42 bits per heavy atom. The van der Waals surface area contributed by atoms with E-state index in [1.807, 2.05) is 37.3 Å². The van der Waals surface area contributed by atoms with Crippen molar-refractivity contribution < 1.29 is 0 Å². The van der Waals surface area contributed by atoms with E-state index >= 15 is 0 Å². The average molecular weight is 535 g/mol. The van der Waals surface area contributed by atoms with Crippen LogP contribution in [0, 0.1) is 6.92 Å². The predicted octanol–water partition coefficient (Wildman–Crippen LogP) is 3.42. The van der Waals surface area contributed by atoms with Crippen LogP contribution >= 0.6 is 0 Å². The third kappa shape index (κ3) is 4.94. The molecule has 0 atom stereocenters. The molecule has 40 heavy (non-hydrogen) atoms. The van der Waals surface area contributed by atoms with Crippen molar-refractivity contribution >= 4 is 28.4 Å². The van der Waals surface area contributed by atoms with Crippen LogP contribution in [0.2, 0.25) is 0 Å².